The first-order chi connectivity index (χ1) is 11.2. The molecule has 0 bridgehead atoms. The number of carbonyl (C=O) groups excluding carboxylic acids is 1. The lowest BCUT2D eigenvalue weighted by atomic mass is 9.97. The molecule has 1 unspecified atom stereocenters. The number of hydrogen-bond donors (Lipinski definition) is 0. The normalized spacial score (nSPS) is 16.7. The molecule has 3 aromatic rings. The zero-order valence-electron chi connectivity index (χ0n) is 12.9. The van der Waals surface area contributed by atoms with E-state index in [-0.39, 0.29) is 11.8 Å². The van der Waals surface area contributed by atoms with E-state index in [0.29, 0.717) is 6.54 Å². The van der Waals surface area contributed by atoms with Crippen LogP contribution in [0.3, 0.4) is 0 Å². The lowest BCUT2D eigenvalue weighted by Gasteiger charge is -2.18. The van der Waals surface area contributed by atoms with E-state index >= 15 is 0 Å². The summed E-state index contributed by atoms with van der Waals surface area (Å²) in [5, 5.41) is 2.04. The number of hydrogen-bond acceptors (Lipinski definition) is 2. The van der Waals surface area contributed by atoms with E-state index in [1.807, 2.05) is 34.5 Å². The highest BCUT2D eigenvalue weighted by Crippen LogP contribution is 2.43. The molecular formula is C20H17NOS. The van der Waals surface area contributed by atoms with E-state index in [1.165, 1.54) is 5.56 Å². The number of carbonyl (C=O) groups is 1. The van der Waals surface area contributed by atoms with Crippen LogP contribution in [-0.2, 0) is 11.3 Å². The maximum atomic E-state index is 13.1. The van der Waals surface area contributed by atoms with Gasteiger partial charge in [-0.05, 0) is 35.6 Å². The van der Waals surface area contributed by atoms with E-state index in [2.05, 4.69) is 43.3 Å². The van der Waals surface area contributed by atoms with Gasteiger partial charge in [-0.3, -0.25) is 4.79 Å². The van der Waals surface area contributed by atoms with E-state index in [9.17, 15) is 4.79 Å². The fourth-order valence-electron chi connectivity index (χ4n) is 3.22. The van der Waals surface area contributed by atoms with Crippen molar-refractivity contribution in [2.75, 3.05) is 4.90 Å². The van der Waals surface area contributed by atoms with E-state index < -0.39 is 0 Å². The van der Waals surface area contributed by atoms with Gasteiger partial charge in [0.25, 0.3) is 0 Å². The summed E-state index contributed by atoms with van der Waals surface area (Å²) in [6.45, 7) is 2.70. The zero-order chi connectivity index (χ0) is 15.8. The molecule has 1 amide bonds. The summed E-state index contributed by atoms with van der Waals surface area (Å²) in [6, 6.07) is 20.6. The van der Waals surface area contributed by atoms with Gasteiger partial charge in [0.05, 0.1) is 12.5 Å². The monoisotopic (exact) mass is 319 g/mol. The van der Waals surface area contributed by atoms with Crippen LogP contribution in [0.4, 0.5) is 5.69 Å². The Hall–Kier alpha value is -2.39. The van der Waals surface area contributed by atoms with Gasteiger partial charge in [0, 0.05) is 10.6 Å². The van der Waals surface area contributed by atoms with Crippen LogP contribution in [0.1, 0.15) is 27.5 Å². The first kappa shape index (κ1) is 14.2. The first-order valence-electron chi connectivity index (χ1n) is 7.73. The number of fused-ring (bicyclic) bond motifs is 1. The molecule has 2 heterocycles. The second-order valence-electron chi connectivity index (χ2n) is 5.92. The topological polar surface area (TPSA) is 20.3 Å². The highest BCUT2D eigenvalue weighted by Gasteiger charge is 2.38. The van der Waals surface area contributed by atoms with Gasteiger partial charge in [-0.2, -0.15) is 0 Å². The number of benzene rings is 2. The summed E-state index contributed by atoms with van der Waals surface area (Å²) in [5.41, 5.74) is 4.52. The van der Waals surface area contributed by atoms with Crippen molar-refractivity contribution in [2.45, 2.75) is 19.4 Å². The number of aryl methyl sites for hydroxylation is 1. The maximum Gasteiger partial charge on any atom is 0.240 e. The first-order valence-corrected chi connectivity index (χ1v) is 8.61. The lowest BCUT2D eigenvalue weighted by Crippen LogP contribution is -2.28. The lowest BCUT2D eigenvalue weighted by molar-refractivity contribution is -0.118. The molecule has 0 fully saturated rings. The van der Waals surface area contributed by atoms with E-state index in [4.69, 9.17) is 0 Å². The fraction of sp³-hybridized carbons (Fsp3) is 0.150. The van der Waals surface area contributed by atoms with Crippen LogP contribution in [0, 0.1) is 6.92 Å². The van der Waals surface area contributed by atoms with Gasteiger partial charge < -0.3 is 4.90 Å². The molecule has 0 saturated carbocycles. The largest absolute Gasteiger partial charge is 0.307 e. The van der Waals surface area contributed by atoms with Crippen LogP contribution >= 0.6 is 11.3 Å². The smallest absolute Gasteiger partial charge is 0.240 e. The second-order valence-corrected chi connectivity index (χ2v) is 6.90. The molecule has 2 nitrogen and oxygen atoms in total. The molecule has 1 atom stereocenters. The third-order valence-corrected chi connectivity index (χ3v) is 5.25. The zero-order valence-corrected chi connectivity index (χ0v) is 13.7. The number of thiophene rings is 1. The van der Waals surface area contributed by atoms with Gasteiger partial charge in [-0.1, -0.05) is 54.1 Å². The summed E-state index contributed by atoms with van der Waals surface area (Å²) in [7, 11) is 0. The van der Waals surface area contributed by atoms with Crippen LogP contribution < -0.4 is 4.90 Å². The maximum absolute atomic E-state index is 13.1. The summed E-state index contributed by atoms with van der Waals surface area (Å²) >= 11 is 1.65. The predicted octanol–water partition coefficient (Wildman–Crippen LogP) is 4.74. The van der Waals surface area contributed by atoms with Crippen LogP contribution in [0.2, 0.25) is 0 Å². The van der Waals surface area contributed by atoms with Crippen molar-refractivity contribution < 1.29 is 4.79 Å². The number of amides is 1. The Labute approximate surface area is 140 Å². The van der Waals surface area contributed by atoms with Gasteiger partial charge >= 0.3 is 0 Å². The molecule has 114 valence electrons. The fourth-order valence-corrected chi connectivity index (χ4v) is 4.05. The molecular weight excluding hydrogens is 302 g/mol. The van der Waals surface area contributed by atoms with Gasteiger partial charge in [0.1, 0.15) is 0 Å². The number of rotatable bonds is 3. The molecule has 0 N–H and O–H groups in total. The Morgan fingerprint density at radius 1 is 1.04 bits per heavy atom. The molecule has 23 heavy (non-hydrogen) atoms. The Balaban J connectivity index is 1.78. The molecule has 1 aliphatic rings. The van der Waals surface area contributed by atoms with Gasteiger partial charge in [0.2, 0.25) is 5.91 Å². The molecule has 0 spiro atoms. The SMILES string of the molecule is Cc1ccc2c(c1)C(c1cccs1)C(=O)N2Cc1ccccc1. The van der Waals surface area contributed by atoms with Crippen LogP contribution in [0.25, 0.3) is 0 Å². The van der Waals surface area contributed by atoms with Gasteiger partial charge in [-0.15, -0.1) is 11.3 Å². The third-order valence-electron chi connectivity index (χ3n) is 4.31. The number of anilines is 1. The highest BCUT2D eigenvalue weighted by molar-refractivity contribution is 7.10. The quantitative estimate of drug-likeness (QED) is 0.683. The molecule has 0 radical (unpaired) electrons. The molecule has 4 rings (SSSR count). The standard InChI is InChI=1S/C20H17NOS/c1-14-9-10-17-16(12-14)19(18-8-5-11-23-18)20(22)21(17)13-15-6-3-2-4-7-15/h2-12,19H,13H2,1H3. The summed E-state index contributed by atoms with van der Waals surface area (Å²) in [5.74, 6) is 0.0190. The van der Waals surface area contributed by atoms with Crippen molar-refractivity contribution in [1.29, 1.82) is 0 Å². The molecule has 2 aromatic carbocycles. The van der Waals surface area contributed by atoms with Crippen LogP contribution in [0.15, 0.2) is 66.0 Å². The average Bonchev–Trinajstić information content (AvgIpc) is 3.16. The minimum atomic E-state index is -0.159. The summed E-state index contributed by atoms with van der Waals surface area (Å²) in [6.07, 6.45) is 0. The van der Waals surface area contributed by atoms with Crippen molar-refractivity contribution in [3.63, 3.8) is 0 Å². The van der Waals surface area contributed by atoms with Crippen molar-refractivity contribution in [2.24, 2.45) is 0 Å². The minimum Gasteiger partial charge on any atom is -0.307 e. The number of nitrogens with zero attached hydrogens (tertiary/aromatic N) is 1. The van der Waals surface area contributed by atoms with Crippen molar-refractivity contribution in [3.8, 4) is 0 Å². The summed E-state index contributed by atoms with van der Waals surface area (Å²) in [4.78, 5) is 16.2. The molecule has 0 aliphatic carbocycles. The third kappa shape index (κ3) is 2.47. The Bertz CT molecular complexity index is 839. The molecule has 1 aliphatic heterocycles. The molecule has 3 heteroatoms. The Morgan fingerprint density at radius 2 is 1.87 bits per heavy atom. The van der Waals surface area contributed by atoms with Crippen molar-refractivity contribution in [1.82, 2.24) is 0 Å². The van der Waals surface area contributed by atoms with Crippen molar-refractivity contribution in [3.05, 3.63) is 87.6 Å². The Kier molecular flexibility index (Phi) is 3.50. The van der Waals surface area contributed by atoms with Gasteiger partial charge in [-0.25, -0.2) is 0 Å². The average molecular weight is 319 g/mol. The van der Waals surface area contributed by atoms with Crippen molar-refractivity contribution >= 4 is 22.9 Å². The van der Waals surface area contributed by atoms with E-state index in [0.717, 1.165) is 21.7 Å². The van der Waals surface area contributed by atoms with Crippen LogP contribution in [-0.4, -0.2) is 5.91 Å². The molecule has 1 aromatic heterocycles. The Morgan fingerprint density at radius 3 is 2.61 bits per heavy atom. The highest BCUT2D eigenvalue weighted by atomic mass is 32.1. The minimum absolute atomic E-state index is 0.159. The molecule has 0 saturated heterocycles. The van der Waals surface area contributed by atoms with Gasteiger partial charge in [0.15, 0.2) is 0 Å². The summed E-state index contributed by atoms with van der Waals surface area (Å²) < 4.78 is 0. The predicted molar refractivity (Wildman–Crippen MR) is 95.0 cm³/mol. The second kappa shape index (κ2) is 5.67. The van der Waals surface area contributed by atoms with Crippen LogP contribution in [0.5, 0.6) is 0 Å². The van der Waals surface area contributed by atoms with E-state index in [1.54, 1.807) is 11.3 Å².